The summed E-state index contributed by atoms with van der Waals surface area (Å²) in [5, 5.41) is 2.54. The minimum absolute atomic E-state index is 0.663. The van der Waals surface area contributed by atoms with E-state index in [1.165, 1.54) is 44.1 Å². The van der Waals surface area contributed by atoms with Crippen molar-refractivity contribution in [3.05, 3.63) is 157 Å². The minimum Gasteiger partial charge on any atom is -0.309 e. The smallest absolute Gasteiger partial charge is 0.164 e. The van der Waals surface area contributed by atoms with Crippen molar-refractivity contribution in [1.29, 1.82) is 0 Å². The predicted molar refractivity (Wildman–Crippen MR) is 185 cm³/mol. The molecule has 0 unspecified atom stereocenters. The van der Waals surface area contributed by atoms with Crippen LogP contribution in [0.2, 0.25) is 0 Å². The van der Waals surface area contributed by atoms with E-state index >= 15 is 0 Å². The number of hydrogen-bond acceptors (Lipinski definition) is 3. The van der Waals surface area contributed by atoms with Crippen LogP contribution in [0.15, 0.2) is 146 Å². The van der Waals surface area contributed by atoms with Crippen molar-refractivity contribution in [2.45, 2.75) is 13.8 Å². The van der Waals surface area contributed by atoms with Crippen molar-refractivity contribution in [3.63, 3.8) is 0 Å². The van der Waals surface area contributed by atoms with Gasteiger partial charge in [0, 0.05) is 33.2 Å². The number of aromatic nitrogens is 4. The molecule has 8 rings (SSSR count). The van der Waals surface area contributed by atoms with E-state index in [1.54, 1.807) is 0 Å². The summed E-state index contributed by atoms with van der Waals surface area (Å²) >= 11 is 0. The third kappa shape index (κ3) is 4.77. The van der Waals surface area contributed by atoms with Crippen molar-refractivity contribution in [2.24, 2.45) is 0 Å². The zero-order chi connectivity index (χ0) is 30.3. The number of aryl methyl sites for hydroxylation is 2. The molecule has 0 aliphatic rings. The van der Waals surface area contributed by atoms with E-state index in [4.69, 9.17) is 15.0 Å². The zero-order valence-corrected chi connectivity index (χ0v) is 25.1. The first-order chi connectivity index (χ1) is 22.1. The lowest BCUT2D eigenvalue weighted by atomic mass is 9.94. The van der Waals surface area contributed by atoms with Gasteiger partial charge in [-0.3, -0.25) is 0 Å². The molecule has 2 heterocycles. The fourth-order valence-corrected chi connectivity index (χ4v) is 6.33. The number of nitrogens with zero attached hydrogens (tertiary/aromatic N) is 4. The fourth-order valence-electron chi connectivity index (χ4n) is 6.33. The summed E-state index contributed by atoms with van der Waals surface area (Å²) < 4.78 is 2.37. The topological polar surface area (TPSA) is 43.6 Å². The first kappa shape index (κ1) is 26.7. The molecule has 0 atom stereocenters. The Kier molecular flexibility index (Phi) is 6.54. The second kappa shape index (κ2) is 11.0. The van der Waals surface area contributed by atoms with E-state index in [0.29, 0.717) is 17.5 Å². The first-order valence-electron chi connectivity index (χ1n) is 15.2. The zero-order valence-electron chi connectivity index (χ0n) is 25.1. The number of rotatable bonds is 5. The Balaban J connectivity index is 1.20. The molecule has 214 valence electrons. The summed E-state index contributed by atoms with van der Waals surface area (Å²) in [6.07, 6.45) is 0. The van der Waals surface area contributed by atoms with E-state index in [-0.39, 0.29) is 0 Å². The fraction of sp³-hybridized carbons (Fsp3) is 0.0488. The van der Waals surface area contributed by atoms with Crippen LogP contribution < -0.4 is 0 Å². The number of para-hydroxylation sites is 2. The highest BCUT2D eigenvalue weighted by molar-refractivity contribution is 6.09. The first-order valence-corrected chi connectivity index (χ1v) is 15.2. The molecule has 0 saturated carbocycles. The van der Waals surface area contributed by atoms with Crippen LogP contribution in [0.25, 0.3) is 72.8 Å². The Hall–Kier alpha value is -5.87. The van der Waals surface area contributed by atoms with E-state index < -0.39 is 0 Å². The average molecular weight is 579 g/mol. The quantitative estimate of drug-likeness (QED) is 0.204. The van der Waals surface area contributed by atoms with Crippen molar-refractivity contribution < 1.29 is 0 Å². The molecule has 0 aliphatic carbocycles. The molecule has 4 heteroatoms. The second-order valence-electron chi connectivity index (χ2n) is 11.4. The van der Waals surface area contributed by atoms with Gasteiger partial charge in [-0.2, -0.15) is 0 Å². The largest absolute Gasteiger partial charge is 0.309 e. The van der Waals surface area contributed by atoms with Gasteiger partial charge in [-0.1, -0.05) is 115 Å². The Morgan fingerprint density at radius 3 is 1.36 bits per heavy atom. The summed E-state index contributed by atoms with van der Waals surface area (Å²) in [5.74, 6) is 1.99. The summed E-state index contributed by atoms with van der Waals surface area (Å²) in [5.41, 5.74) is 11.3. The Bertz CT molecular complexity index is 2230. The van der Waals surface area contributed by atoms with Crippen LogP contribution in [0.4, 0.5) is 0 Å². The van der Waals surface area contributed by atoms with E-state index in [2.05, 4.69) is 103 Å². The van der Waals surface area contributed by atoms with Gasteiger partial charge in [0.15, 0.2) is 17.5 Å². The van der Waals surface area contributed by atoms with Crippen molar-refractivity contribution in [1.82, 2.24) is 19.5 Å². The Morgan fingerprint density at radius 1 is 0.400 bits per heavy atom. The molecular weight excluding hydrogens is 548 g/mol. The van der Waals surface area contributed by atoms with Gasteiger partial charge in [0.1, 0.15) is 0 Å². The van der Waals surface area contributed by atoms with Crippen LogP contribution in [0.3, 0.4) is 0 Å². The van der Waals surface area contributed by atoms with Gasteiger partial charge in [-0.15, -0.1) is 0 Å². The van der Waals surface area contributed by atoms with Crippen LogP contribution >= 0.6 is 0 Å². The molecule has 0 N–H and O–H groups in total. The number of benzene rings is 6. The van der Waals surface area contributed by atoms with E-state index in [0.717, 1.165) is 22.4 Å². The van der Waals surface area contributed by atoms with Gasteiger partial charge < -0.3 is 4.57 Å². The highest BCUT2D eigenvalue weighted by atomic mass is 15.0. The predicted octanol–water partition coefficient (Wildman–Crippen LogP) is 10.3. The van der Waals surface area contributed by atoms with Crippen LogP contribution in [0.1, 0.15) is 11.1 Å². The molecular formula is C41H30N4. The molecule has 0 radical (unpaired) electrons. The van der Waals surface area contributed by atoms with Crippen molar-refractivity contribution >= 4 is 21.8 Å². The van der Waals surface area contributed by atoms with Crippen molar-refractivity contribution in [3.8, 4) is 51.0 Å². The lowest BCUT2D eigenvalue weighted by molar-refractivity contribution is 1.07. The van der Waals surface area contributed by atoms with Crippen LogP contribution in [0, 0.1) is 13.8 Å². The highest BCUT2D eigenvalue weighted by Crippen LogP contribution is 2.35. The maximum Gasteiger partial charge on any atom is 0.164 e. The standard InChI is InChI=1S/C41H30N4/c1-27-25-31(41-43-39(29-13-5-3-6-14-29)42-40(44-41)30-15-7-4-8-16-30)21-23-33(27)34-24-22-32(26-28(34)2)45-37-19-11-9-17-35(37)36-18-10-12-20-38(36)45/h3-26H,1-2H3. The summed E-state index contributed by atoms with van der Waals surface area (Å²) in [7, 11) is 0. The van der Waals surface area contributed by atoms with Gasteiger partial charge in [0.2, 0.25) is 0 Å². The van der Waals surface area contributed by atoms with Crippen LogP contribution in [0.5, 0.6) is 0 Å². The summed E-state index contributed by atoms with van der Waals surface area (Å²) in [6, 6.07) is 50.8. The minimum atomic E-state index is 0.663. The molecule has 6 aromatic carbocycles. The molecule has 8 aromatic rings. The van der Waals surface area contributed by atoms with E-state index in [1.807, 2.05) is 60.7 Å². The third-order valence-electron chi connectivity index (χ3n) is 8.52. The number of fused-ring (bicyclic) bond motifs is 3. The maximum absolute atomic E-state index is 4.93. The van der Waals surface area contributed by atoms with Gasteiger partial charge in [0.05, 0.1) is 11.0 Å². The van der Waals surface area contributed by atoms with E-state index in [9.17, 15) is 0 Å². The molecule has 0 saturated heterocycles. The monoisotopic (exact) mass is 578 g/mol. The third-order valence-corrected chi connectivity index (χ3v) is 8.52. The normalized spacial score (nSPS) is 11.3. The van der Waals surface area contributed by atoms with Gasteiger partial charge in [-0.25, -0.2) is 15.0 Å². The van der Waals surface area contributed by atoms with Gasteiger partial charge in [-0.05, 0) is 66.4 Å². The molecule has 0 aliphatic heterocycles. The molecule has 0 amide bonds. The van der Waals surface area contributed by atoms with Gasteiger partial charge in [0.25, 0.3) is 0 Å². The molecule has 0 fully saturated rings. The Labute approximate surface area is 262 Å². The van der Waals surface area contributed by atoms with Crippen LogP contribution in [-0.2, 0) is 0 Å². The highest BCUT2D eigenvalue weighted by Gasteiger charge is 2.16. The van der Waals surface area contributed by atoms with Crippen molar-refractivity contribution in [2.75, 3.05) is 0 Å². The molecule has 0 bridgehead atoms. The second-order valence-corrected chi connectivity index (χ2v) is 11.4. The maximum atomic E-state index is 4.93. The summed E-state index contributed by atoms with van der Waals surface area (Å²) in [6.45, 7) is 4.36. The average Bonchev–Trinajstić information content (AvgIpc) is 3.43. The Morgan fingerprint density at radius 2 is 0.844 bits per heavy atom. The number of hydrogen-bond donors (Lipinski definition) is 0. The van der Waals surface area contributed by atoms with Gasteiger partial charge >= 0.3 is 0 Å². The lowest BCUT2D eigenvalue weighted by Crippen LogP contribution is -2.00. The molecule has 2 aromatic heterocycles. The molecule has 0 spiro atoms. The molecule has 4 nitrogen and oxygen atoms in total. The molecule has 45 heavy (non-hydrogen) atoms. The summed E-state index contributed by atoms with van der Waals surface area (Å²) in [4.78, 5) is 14.7. The lowest BCUT2D eigenvalue weighted by Gasteiger charge is -2.15. The van der Waals surface area contributed by atoms with Crippen LogP contribution in [-0.4, -0.2) is 19.5 Å². The SMILES string of the molecule is Cc1cc(-c2nc(-c3ccccc3)nc(-c3ccccc3)n2)ccc1-c1ccc(-n2c3ccccc3c3ccccc32)cc1C.